The second-order valence-corrected chi connectivity index (χ2v) is 5.31. The van der Waals surface area contributed by atoms with Gasteiger partial charge in [0.25, 0.3) is 0 Å². The van der Waals surface area contributed by atoms with Gasteiger partial charge >= 0.3 is 6.18 Å². The van der Waals surface area contributed by atoms with Crippen molar-refractivity contribution in [3.8, 4) is 0 Å². The molecule has 0 saturated carbocycles. The SMILES string of the molecule is Nc1nc(N)c2c(n1)NCN(Cc1cccc(C(F)(F)F)c1)C2. The first kappa shape index (κ1) is 15.3. The minimum atomic E-state index is -4.35. The molecule has 0 atom stereocenters. The average molecular weight is 324 g/mol. The number of aromatic nitrogens is 2. The zero-order valence-electron chi connectivity index (χ0n) is 12.1. The van der Waals surface area contributed by atoms with Crippen LogP contribution in [0.4, 0.5) is 30.8 Å². The number of halogens is 3. The van der Waals surface area contributed by atoms with Crippen LogP contribution < -0.4 is 16.8 Å². The van der Waals surface area contributed by atoms with Crippen LogP contribution in [0.3, 0.4) is 0 Å². The number of hydrogen-bond donors (Lipinski definition) is 3. The zero-order chi connectivity index (χ0) is 16.6. The van der Waals surface area contributed by atoms with Crippen LogP contribution in [-0.2, 0) is 19.3 Å². The van der Waals surface area contributed by atoms with Gasteiger partial charge in [0.2, 0.25) is 5.95 Å². The van der Waals surface area contributed by atoms with Crippen LogP contribution in [-0.4, -0.2) is 21.5 Å². The molecule has 9 heteroatoms. The van der Waals surface area contributed by atoms with E-state index in [2.05, 4.69) is 15.3 Å². The van der Waals surface area contributed by atoms with E-state index in [-0.39, 0.29) is 11.8 Å². The van der Waals surface area contributed by atoms with Crippen LogP contribution in [0, 0.1) is 0 Å². The van der Waals surface area contributed by atoms with Gasteiger partial charge < -0.3 is 16.8 Å². The lowest BCUT2D eigenvalue weighted by atomic mass is 10.1. The summed E-state index contributed by atoms with van der Waals surface area (Å²) in [5, 5.41) is 3.05. The summed E-state index contributed by atoms with van der Waals surface area (Å²) >= 11 is 0. The number of alkyl halides is 3. The number of rotatable bonds is 2. The van der Waals surface area contributed by atoms with Crippen LogP contribution >= 0.6 is 0 Å². The molecule has 1 aromatic heterocycles. The summed E-state index contributed by atoms with van der Waals surface area (Å²) in [4.78, 5) is 9.88. The molecule has 0 aliphatic carbocycles. The first-order chi connectivity index (χ1) is 10.8. The minimum Gasteiger partial charge on any atom is -0.383 e. The lowest BCUT2D eigenvalue weighted by Crippen LogP contribution is -2.34. The molecule has 2 heterocycles. The molecule has 23 heavy (non-hydrogen) atoms. The third-order valence-corrected chi connectivity index (χ3v) is 3.57. The van der Waals surface area contributed by atoms with Crippen molar-refractivity contribution in [3.05, 3.63) is 41.0 Å². The molecule has 0 radical (unpaired) electrons. The van der Waals surface area contributed by atoms with Crippen molar-refractivity contribution in [1.29, 1.82) is 0 Å². The molecule has 0 amide bonds. The lowest BCUT2D eigenvalue weighted by molar-refractivity contribution is -0.137. The predicted molar refractivity (Wildman–Crippen MR) is 80.0 cm³/mol. The number of nitrogen functional groups attached to an aromatic ring is 2. The number of hydrogen-bond acceptors (Lipinski definition) is 6. The Morgan fingerprint density at radius 1 is 1.22 bits per heavy atom. The van der Waals surface area contributed by atoms with Crippen molar-refractivity contribution < 1.29 is 13.2 Å². The van der Waals surface area contributed by atoms with Crippen LogP contribution in [0.1, 0.15) is 16.7 Å². The molecule has 122 valence electrons. The van der Waals surface area contributed by atoms with E-state index in [0.29, 0.717) is 36.7 Å². The Bertz CT molecular complexity index is 731. The van der Waals surface area contributed by atoms with Gasteiger partial charge in [-0.15, -0.1) is 0 Å². The maximum absolute atomic E-state index is 12.8. The molecule has 1 aliphatic rings. The highest BCUT2D eigenvalue weighted by Gasteiger charge is 2.30. The first-order valence-corrected chi connectivity index (χ1v) is 6.87. The Kier molecular flexibility index (Phi) is 3.72. The summed E-state index contributed by atoms with van der Waals surface area (Å²) in [5.74, 6) is 0.920. The number of fused-ring (bicyclic) bond motifs is 1. The number of anilines is 3. The van der Waals surface area contributed by atoms with Crippen LogP contribution in [0.15, 0.2) is 24.3 Å². The molecule has 1 aromatic carbocycles. The predicted octanol–water partition coefficient (Wildman–Crippen LogP) is 2.04. The molecule has 6 nitrogen and oxygen atoms in total. The highest BCUT2D eigenvalue weighted by atomic mass is 19.4. The van der Waals surface area contributed by atoms with E-state index in [0.717, 1.165) is 12.1 Å². The first-order valence-electron chi connectivity index (χ1n) is 6.87. The molecule has 0 bridgehead atoms. The second kappa shape index (κ2) is 5.58. The molecule has 0 spiro atoms. The number of nitrogens with one attached hydrogen (secondary N) is 1. The fourth-order valence-electron chi connectivity index (χ4n) is 2.50. The van der Waals surface area contributed by atoms with Gasteiger partial charge in [0, 0.05) is 13.1 Å². The number of benzene rings is 1. The second-order valence-electron chi connectivity index (χ2n) is 5.31. The smallest absolute Gasteiger partial charge is 0.383 e. The van der Waals surface area contributed by atoms with Gasteiger partial charge in [-0.25, -0.2) is 0 Å². The topological polar surface area (TPSA) is 93.1 Å². The average Bonchev–Trinajstić information content (AvgIpc) is 2.47. The minimum absolute atomic E-state index is 0.0834. The van der Waals surface area contributed by atoms with Crippen molar-refractivity contribution >= 4 is 17.6 Å². The molecule has 1 aliphatic heterocycles. The molecular formula is C14H15F3N6. The van der Waals surface area contributed by atoms with Crippen molar-refractivity contribution in [2.75, 3.05) is 23.5 Å². The third-order valence-electron chi connectivity index (χ3n) is 3.57. The molecular weight excluding hydrogens is 309 g/mol. The normalized spacial score (nSPS) is 15.1. The Morgan fingerprint density at radius 3 is 2.74 bits per heavy atom. The van der Waals surface area contributed by atoms with Crippen LogP contribution in [0.5, 0.6) is 0 Å². The van der Waals surface area contributed by atoms with Gasteiger partial charge in [-0.2, -0.15) is 23.1 Å². The Morgan fingerprint density at radius 2 is 2.00 bits per heavy atom. The van der Waals surface area contributed by atoms with Crippen LogP contribution in [0.25, 0.3) is 0 Å². The molecule has 2 aromatic rings. The van der Waals surface area contributed by atoms with Gasteiger partial charge in [0.05, 0.1) is 17.8 Å². The summed E-state index contributed by atoms with van der Waals surface area (Å²) in [6.45, 7) is 1.21. The zero-order valence-corrected chi connectivity index (χ0v) is 12.1. The van der Waals surface area contributed by atoms with Gasteiger partial charge in [-0.1, -0.05) is 18.2 Å². The fourth-order valence-corrected chi connectivity index (χ4v) is 2.50. The number of nitrogens with zero attached hydrogens (tertiary/aromatic N) is 3. The summed E-state index contributed by atoms with van der Waals surface area (Å²) in [7, 11) is 0. The van der Waals surface area contributed by atoms with E-state index in [1.165, 1.54) is 6.07 Å². The standard InChI is InChI=1S/C14H15F3N6/c15-14(16,17)9-3-1-2-8(4-9)5-23-6-10-11(18)21-13(19)22-12(10)20-7-23/h1-4H,5-7H2,(H5,18,19,20,21,22). The monoisotopic (exact) mass is 324 g/mol. The van der Waals surface area contributed by atoms with Gasteiger partial charge in [-0.05, 0) is 11.6 Å². The molecule has 0 saturated heterocycles. The Balaban J connectivity index is 1.78. The summed E-state index contributed by atoms with van der Waals surface area (Å²) in [6.07, 6.45) is -4.35. The number of nitrogens with two attached hydrogens (primary N) is 2. The largest absolute Gasteiger partial charge is 0.416 e. The van der Waals surface area contributed by atoms with Crippen molar-refractivity contribution in [2.45, 2.75) is 19.3 Å². The molecule has 3 rings (SSSR count). The van der Waals surface area contributed by atoms with Gasteiger partial charge in [-0.3, -0.25) is 4.90 Å². The van der Waals surface area contributed by atoms with E-state index in [9.17, 15) is 13.2 Å². The van der Waals surface area contributed by atoms with E-state index in [1.54, 1.807) is 6.07 Å². The molecule has 5 N–H and O–H groups in total. The van der Waals surface area contributed by atoms with E-state index >= 15 is 0 Å². The van der Waals surface area contributed by atoms with Gasteiger partial charge in [0.1, 0.15) is 11.6 Å². The van der Waals surface area contributed by atoms with E-state index in [4.69, 9.17) is 11.5 Å². The third kappa shape index (κ3) is 3.29. The summed E-state index contributed by atoms with van der Waals surface area (Å²) < 4.78 is 38.3. The quantitative estimate of drug-likeness (QED) is 0.783. The van der Waals surface area contributed by atoms with E-state index < -0.39 is 11.7 Å². The molecule has 0 unspecified atom stereocenters. The van der Waals surface area contributed by atoms with Crippen molar-refractivity contribution in [1.82, 2.24) is 14.9 Å². The van der Waals surface area contributed by atoms with Crippen molar-refractivity contribution in [2.24, 2.45) is 0 Å². The van der Waals surface area contributed by atoms with Gasteiger partial charge in [0.15, 0.2) is 0 Å². The fraction of sp³-hybridized carbons (Fsp3) is 0.286. The van der Waals surface area contributed by atoms with Crippen LogP contribution in [0.2, 0.25) is 0 Å². The highest BCUT2D eigenvalue weighted by Crippen LogP contribution is 2.30. The lowest BCUT2D eigenvalue weighted by Gasteiger charge is -2.29. The maximum atomic E-state index is 12.8. The summed E-state index contributed by atoms with van der Waals surface area (Å²) in [5.41, 5.74) is 12.0. The highest BCUT2D eigenvalue weighted by molar-refractivity contribution is 5.59. The Labute approximate surface area is 130 Å². The van der Waals surface area contributed by atoms with Crippen molar-refractivity contribution in [3.63, 3.8) is 0 Å². The summed E-state index contributed by atoms with van der Waals surface area (Å²) in [6, 6.07) is 5.27. The Hall–Kier alpha value is -2.55. The maximum Gasteiger partial charge on any atom is 0.416 e. The molecule has 0 fully saturated rings. The van der Waals surface area contributed by atoms with E-state index in [1.807, 2.05) is 4.90 Å².